The Kier molecular flexibility index (Phi) is 2.32. The highest BCUT2D eigenvalue weighted by atomic mass is 15.2. The molecule has 2 unspecified atom stereocenters. The molecule has 0 spiro atoms. The second-order valence-electron chi connectivity index (χ2n) is 5.10. The summed E-state index contributed by atoms with van der Waals surface area (Å²) in [4.78, 5) is 10.9. The molecule has 16 heavy (non-hydrogen) atoms. The molecule has 1 aliphatic carbocycles. The van der Waals surface area contributed by atoms with Crippen LogP contribution in [0.1, 0.15) is 18.5 Å². The number of nitrogens with zero attached hydrogens (tertiary/aromatic N) is 3. The van der Waals surface area contributed by atoms with Crippen molar-refractivity contribution >= 4 is 5.82 Å². The maximum atomic E-state index is 6.20. The van der Waals surface area contributed by atoms with E-state index >= 15 is 0 Å². The monoisotopic (exact) mass is 218 g/mol. The molecule has 86 valence electrons. The van der Waals surface area contributed by atoms with Gasteiger partial charge in [0.05, 0.1) is 0 Å². The molecule has 1 saturated carbocycles. The van der Waals surface area contributed by atoms with Crippen LogP contribution in [0.2, 0.25) is 0 Å². The van der Waals surface area contributed by atoms with Crippen molar-refractivity contribution in [2.75, 3.05) is 18.0 Å². The molecule has 2 aliphatic rings. The van der Waals surface area contributed by atoms with Crippen LogP contribution in [0.4, 0.5) is 5.82 Å². The standard InChI is InChI=1S/C12H18N4/c1-8-4-11(15-7-14-8)16-5-9-2-3-10(6-16)12(9)13/h4,7,9-10,12H,2-3,5-6,13H2,1H3. The number of anilines is 1. The lowest BCUT2D eigenvalue weighted by atomic mass is 9.93. The molecule has 1 aliphatic heterocycles. The number of hydrogen-bond acceptors (Lipinski definition) is 4. The minimum atomic E-state index is 0.416. The highest BCUT2D eigenvalue weighted by Crippen LogP contribution is 2.36. The van der Waals surface area contributed by atoms with Crippen LogP contribution in [0.15, 0.2) is 12.4 Å². The minimum absolute atomic E-state index is 0.416. The van der Waals surface area contributed by atoms with Crippen LogP contribution in [0.3, 0.4) is 0 Å². The number of fused-ring (bicyclic) bond motifs is 2. The van der Waals surface area contributed by atoms with E-state index in [4.69, 9.17) is 5.73 Å². The minimum Gasteiger partial charge on any atom is -0.356 e. The molecule has 2 atom stereocenters. The average Bonchev–Trinajstić information content (AvgIpc) is 2.53. The molecule has 2 bridgehead atoms. The summed E-state index contributed by atoms with van der Waals surface area (Å²) in [5.41, 5.74) is 7.23. The quantitative estimate of drug-likeness (QED) is 0.762. The first-order valence-corrected chi connectivity index (χ1v) is 6.03. The van der Waals surface area contributed by atoms with Gasteiger partial charge < -0.3 is 10.6 Å². The zero-order chi connectivity index (χ0) is 11.1. The molecule has 1 saturated heterocycles. The summed E-state index contributed by atoms with van der Waals surface area (Å²) < 4.78 is 0. The lowest BCUT2D eigenvalue weighted by molar-refractivity contribution is 0.355. The summed E-state index contributed by atoms with van der Waals surface area (Å²) in [5, 5.41) is 0. The van der Waals surface area contributed by atoms with E-state index in [0.717, 1.165) is 24.6 Å². The third-order valence-electron chi connectivity index (χ3n) is 4.02. The molecule has 1 aromatic heterocycles. The van der Waals surface area contributed by atoms with Gasteiger partial charge in [-0.2, -0.15) is 0 Å². The first-order valence-electron chi connectivity index (χ1n) is 6.03. The second-order valence-corrected chi connectivity index (χ2v) is 5.10. The summed E-state index contributed by atoms with van der Waals surface area (Å²) in [7, 11) is 0. The Morgan fingerprint density at radius 3 is 2.56 bits per heavy atom. The molecule has 0 amide bonds. The van der Waals surface area contributed by atoms with Crippen LogP contribution < -0.4 is 10.6 Å². The molecule has 4 heteroatoms. The normalized spacial score (nSPS) is 33.1. The predicted molar refractivity (Wildman–Crippen MR) is 63.2 cm³/mol. The van der Waals surface area contributed by atoms with Crippen LogP contribution in [0.25, 0.3) is 0 Å². The first kappa shape index (κ1) is 10.0. The van der Waals surface area contributed by atoms with E-state index in [1.54, 1.807) is 6.33 Å². The third kappa shape index (κ3) is 1.57. The fraction of sp³-hybridized carbons (Fsp3) is 0.667. The smallest absolute Gasteiger partial charge is 0.132 e. The zero-order valence-electron chi connectivity index (χ0n) is 9.63. The molecule has 4 nitrogen and oxygen atoms in total. The van der Waals surface area contributed by atoms with Gasteiger partial charge in [-0.1, -0.05) is 0 Å². The van der Waals surface area contributed by atoms with Crippen LogP contribution in [0, 0.1) is 18.8 Å². The van der Waals surface area contributed by atoms with E-state index in [-0.39, 0.29) is 0 Å². The van der Waals surface area contributed by atoms with Gasteiger partial charge in [-0.3, -0.25) is 0 Å². The molecule has 1 aromatic rings. The van der Waals surface area contributed by atoms with Crippen molar-refractivity contribution in [2.45, 2.75) is 25.8 Å². The van der Waals surface area contributed by atoms with E-state index in [9.17, 15) is 0 Å². The summed E-state index contributed by atoms with van der Waals surface area (Å²) in [6.45, 7) is 4.14. The van der Waals surface area contributed by atoms with Crippen LogP contribution in [-0.2, 0) is 0 Å². The summed E-state index contributed by atoms with van der Waals surface area (Å²) >= 11 is 0. The maximum Gasteiger partial charge on any atom is 0.132 e. The van der Waals surface area contributed by atoms with Crippen LogP contribution in [-0.4, -0.2) is 29.1 Å². The number of piperidine rings is 1. The van der Waals surface area contributed by atoms with Gasteiger partial charge in [-0.15, -0.1) is 0 Å². The van der Waals surface area contributed by atoms with Gasteiger partial charge >= 0.3 is 0 Å². The molecule has 0 radical (unpaired) electrons. The molecule has 2 N–H and O–H groups in total. The molecule has 3 rings (SSSR count). The highest BCUT2D eigenvalue weighted by Gasteiger charge is 2.40. The zero-order valence-corrected chi connectivity index (χ0v) is 9.63. The summed E-state index contributed by atoms with van der Waals surface area (Å²) in [6, 6.07) is 2.48. The Morgan fingerprint density at radius 1 is 1.25 bits per heavy atom. The van der Waals surface area contributed by atoms with Gasteiger partial charge in [-0.25, -0.2) is 9.97 Å². The van der Waals surface area contributed by atoms with Crippen molar-refractivity contribution in [2.24, 2.45) is 17.6 Å². The highest BCUT2D eigenvalue weighted by molar-refractivity contribution is 5.40. The SMILES string of the molecule is Cc1cc(N2CC3CCC(C2)C3N)ncn1. The molecular weight excluding hydrogens is 200 g/mol. The molecular formula is C12H18N4. The van der Waals surface area contributed by atoms with Crippen LogP contribution >= 0.6 is 0 Å². The molecule has 2 fully saturated rings. The Morgan fingerprint density at radius 2 is 1.94 bits per heavy atom. The number of hydrogen-bond donors (Lipinski definition) is 1. The van der Waals surface area contributed by atoms with Gasteiger partial charge in [0.25, 0.3) is 0 Å². The van der Waals surface area contributed by atoms with Crippen molar-refractivity contribution in [3.63, 3.8) is 0 Å². The lowest BCUT2D eigenvalue weighted by Gasteiger charge is -2.36. The maximum absolute atomic E-state index is 6.20. The van der Waals surface area contributed by atoms with E-state index < -0.39 is 0 Å². The topological polar surface area (TPSA) is 55.0 Å². The van der Waals surface area contributed by atoms with E-state index in [1.165, 1.54) is 12.8 Å². The largest absolute Gasteiger partial charge is 0.356 e. The molecule has 2 heterocycles. The number of aryl methyl sites for hydroxylation is 1. The van der Waals surface area contributed by atoms with E-state index in [2.05, 4.69) is 20.9 Å². The Hall–Kier alpha value is -1.16. The summed E-state index contributed by atoms with van der Waals surface area (Å²) in [5.74, 6) is 2.39. The van der Waals surface area contributed by atoms with Crippen molar-refractivity contribution in [3.05, 3.63) is 18.1 Å². The average molecular weight is 218 g/mol. The van der Waals surface area contributed by atoms with Gasteiger partial charge in [0, 0.05) is 30.9 Å². The van der Waals surface area contributed by atoms with E-state index in [0.29, 0.717) is 17.9 Å². The van der Waals surface area contributed by atoms with Crippen molar-refractivity contribution in [3.8, 4) is 0 Å². The van der Waals surface area contributed by atoms with Crippen LogP contribution in [0.5, 0.6) is 0 Å². The van der Waals surface area contributed by atoms with E-state index in [1.807, 2.05) is 6.92 Å². The molecule has 0 aromatic carbocycles. The lowest BCUT2D eigenvalue weighted by Crippen LogP contribution is -2.49. The Balaban J connectivity index is 1.83. The Bertz CT molecular complexity index is 378. The van der Waals surface area contributed by atoms with Gasteiger partial charge in [-0.05, 0) is 31.6 Å². The fourth-order valence-corrected chi connectivity index (χ4v) is 3.07. The second kappa shape index (κ2) is 3.70. The first-order chi connectivity index (χ1) is 7.74. The number of aromatic nitrogens is 2. The predicted octanol–water partition coefficient (Wildman–Crippen LogP) is 0.959. The Labute approximate surface area is 95.9 Å². The van der Waals surface area contributed by atoms with Gasteiger partial charge in [0.15, 0.2) is 0 Å². The van der Waals surface area contributed by atoms with Crippen molar-refractivity contribution in [1.29, 1.82) is 0 Å². The fourth-order valence-electron chi connectivity index (χ4n) is 3.07. The number of nitrogens with two attached hydrogens (primary N) is 1. The van der Waals surface area contributed by atoms with Gasteiger partial charge in [0.2, 0.25) is 0 Å². The third-order valence-corrected chi connectivity index (χ3v) is 4.02. The van der Waals surface area contributed by atoms with Crippen molar-refractivity contribution < 1.29 is 0 Å². The van der Waals surface area contributed by atoms with Gasteiger partial charge in [0.1, 0.15) is 12.1 Å². The van der Waals surface area contributed by atoms with Crippen molar-refractivity contribution in [1.82, 2.24) is 9.97 Å². The number of rotatable bonds is 1. The summed E-state index contributed by atoms with van der Waals surface area (Å²) in [6.07, 6.45) is 4.22.